The number of aryl methyl sites for hydroxylation is 1. The van der Waals surface area contributed by atoms with Crippen molar-refractivity contribution < 1.29 is 14.3 Å². The number of pyridine rings is 1. The molecular formula is C18H12IN7O3S. The lowest BCUT2D eigenvalue weighted by Gasteiger charge is -2.09. The van der Waals surface area contributed by atoms with Gasteiger partial charge in [0.25, 0.3) is 0 Å². The van der Waals surface area contributed by atoms with Crippen LogP contribution in [0.2, 0.25) is 0 Å². The van der Waals surface area contributed by atoms with Crippen LogP contribution in [0, 0.1) is 14.9 Å². The molecule has 0 aliphatic heterocycles. The molecule has 0 saturated carbocycles. The van der Waals surface area contributed by atoms with E-state index < -0.39 is 11.5 Å². The highest BCUT2D eigenvalue weighted by molar-refractivity contribution is 14.1. The lowest BCUT2D eigenvalue weighted by atomic mass is 10.0. The maximum atomic E-state index is 12.8. The van der Waals surface area contributed by atoms with Gasteiger partial charge in [0, 0.05) is 9.47 Å². The Bertz CT molecular complexity index is 1430. The SMILES string of the molecule is C[n+]1[nH]oc(=O)c1-c1c(C#N)c(N)nc2sc(C([O-])=Nc3ccc(I)cc3)c(N)c12. The molecule has 0 bridgehead atoms. The lowest BCUT2D eigenvalue weighted by molar-refractivity contribution is -0.730. The summed E-state index contributed by atoms with van der Waals surface area (Å²) in [6, 6.07) is 9.03. The predicted octanol–water partition coefficient (Wildman–Crippen LogP) is 1.15. The molecule has 3 heterocycles. The summed E-state index contributed by atoms with van der Waals surface area (Å²) in [6.45, 7) is 0. The predicted molar refractivity (Wildman–Crippen MR) is 118 cm³/mol. The minimum atomic E-state index is -0.719. The van der Waals surface area contributed by atoms with E-state index in [-0.39, 0.29) is 38.6 Å². The van der Waals surface area contributed by atoms with Crippen molar-refractivity contribution in [3.63, 3.8) is 0 Å². The van der Waals surface area contributed by atoms with Crippen LogP contribution in [-0.2, 0) is 7.05 Å². The van der Waals surface area contributed by atoms with Crippen molar-refractivity contribution in [2.75, 3.05) is 11.5 Å². The third-order valence-electron chi connectivity index (χ3n) is 4.31. The molecule has 0 spiro atoms. The number of fused-ring (bicyclic) bond motifs is 1. The number of rotatable bonds is 3. The van der Waals surface area contributed by atoms with Gasteiger partial charge in [0.1, 0.15) is 22.3 Å². The zero-order chi connectivity index (χ0) is 21.6. The number of nitrogens with one attached hydrogen (secondary N) is 1. The van der Waals surface area contributed by atoms with E-state index in [1.165, 1.54) is 11.7 Å². The van der Waals surface area contributed by atoms with Gasteiger partial charge in [0.2, 0.25) is 0 Å². The molecule has 0 radical (unpaired) electrons. The van der Waals surface area contributed by atoms with E-state index in [2.05, 4.69) is 37.8 Å². The smallest absolute Gasteiger partial charge is 0.435 e. The number of H-pyrrole nitrogens is 1. The zero-order valence-electron chi connectivity index (χ0n) is 15.3. The molecule has 0 saturated heterocycles. The number of nitrogen functional groups attached to an aromatic ring is 2. The van der Waals surface area contributed by atoms with Crippen molar-refractivity contribution in [2.24, 2.45) is 12.0 Å². The molecule has 150 valence electrons. The highest BCUT2D eigenvalue weighted by Gasteiger charge is 2.30. The first-order valence-corrected chi connectivity index (χ1v) is 10.2. The fourth-order valence-corrected chi connectivity index (χ4v) is 4.33. The summed E-state index contributed by atoms with van der Waals surface area (Å²) in [5, 5.41) is 25.1. The Morgan fingerprint density at radius 1 is 1.40 bits per heavy atom. The van der Waals surface area contributed by atoms with Gasteiger partial charge < -0.3 is 16.6 Å². The first-order chi connectivity index (χ1) is 14.3. The molecule has 10 nitrogen and oxygen atoms in total. The average Bonchev–Trinajstić information content (AvgIpc) is 3.21. The number of aromatic amines is 1. The van der Waals surface area contributed by atoms with Gasteiger partial charge in [0.05, 0.1) is 27.2 Å². The van der Waals surface area contributed by atoms with Crippen LogP contribution >= 0.6 is 33.9 Å². The molecule has 3 aromatic heterocycles. The third kappa shape index (κ3) is 3.17. The van der Waals surface area contributed by atoms with E-state index in [0.29, 0.717) is 10.5 Å². The van der Waals surface area contributed by atoms with Gasteiger partial charge in [-0.05, 0) is 52.1 Å². The summed E-state index contributed by atoms with van der Waals surface area (Å²) in [5.74, 6) is -0.652. The molecule has 0 aliphatic rings. The van der Waals surface area contributed by atoms with Crippen LogP contribution < -0.4 is 26.9 Å². The summed E-state index contributed by atoms with van der Waals surface area (Å²) in [5.41, 5.74) is 12.2. The molecule has 0 amide bonds. The van der Waals surface area contributed by atoms with Crippen molar-refractivity contribution in [3.05, 3.63) is 48.7 Å². The first-order valence-electron chi connectivity index (χ1n) is 8.32. The molecule has 5 N–H and O–H groups in total. The highest BCUT2D eigenvalue weighted by atomic mass is 127. The number of thiophene rings is 1. The minimum absolute atomic E-state index is 0.0312. The standard InChI is InChI=1S/C18H12IN7O3S/c1-26-13(18(28)29-25-26)10-9(6-20)15(22)24-17-11(10)12(21)14(30-17)16(27)23-8-4-2-7(19)3-5-8/h2-5H,1H3,(H5-,21,22,23,24,25,27,28). The molecule has 4 rings (SSSR count). The van der Waals surface area contributed by atoms with Crippen molar-refractivity contribution in [1.82, 2.24) is 10.3 Å². The largest absolute Gasteiger partial charge is 0.858 e. The monoisotopic (exact) mass is 533 g/mol. The number of benzene rings is 1. The van der Waals surface area contributed by atoms with Gasteiger partial charge in [-0.15, -0.1) is 11.3 Å². The number of nitrogens with zero attached hydrogens (tertiary/aromatic N) is 4. The number of aromatic nitrogens is 3. The molecule has 0 unspecified atom stereocenters. The van der Waals surface area contributed by atoms with Crippen LogP contribution in [0.4, 0.5) is 17.2 Å². The quantitative estimate of drug-likeness (QED) is 0.153. The second kappa shape index (κ2) is 7.43. The zero-order valence-corrected chi connectivity index (χ0v) is 18.2. The number of anilines is 2. The Morgan fingerprint density at radius 2 is 2.10 bits per heavy atom. The van der Waals surface area contributed by atoms with E-state index in [1.54, 1.807) is 12.1 Å². The number of aliphatic imine (C=N–C) groups is 1. The van der Waals surface area contributed by atoms with Gasteiger partial charge in [-0.25, -0.2) is 9.78 Å². The van der Waals surface area contributed by atoms with Crippen molar-refractivity contribution >= 4 is 67.2 Å². The maximum Gasteiger partial charge on any atom is 0.435 e. The molecule has 0 atom stereocenters. The number of nitrogens with two attached hydrogens (primary N) is 2. The molecule has 12 heteroatoms. The number of hydrogen-bond donors (Lipinski definition) is 3. The van der Waals surface area contributed by atoms with Gasteiger partial charge in [-0.3, -0.25) is 9.52 Å². The summed E-state index contributed by atoms with van der Waals surface area (Å²) >= 11 is 3.14. The van der Waals surface area contributed by atoms with Crippen LogP contribution in [0.1, 0.15) is 10.4 Å². The van der Waals surface area contributed by atoms with E-state index >= 15 is 0 Å². The molecule has 30 heavy (non-hydrogen) atoms. The van der Waals surface area contributed by atoms with Crippen molar-refractivity contribution in [2.45, 2.75) is 0 Å². The Labute approximate surface area is 186 Å². The summed E-state index contributed by atoms with van der Waals surface area (Å²) in [7, 11) is 1.53. The molecule has 0 aliphatic carbocycles. The Kier molecular flexibility index (Phi) is 4.92. The Morgan fingerprint density at radius 3 is 2.70 bits per heavy atom. The highest BCUT2D eigenvalue weighted by Crippen LogP contribution is 2.41. The van der Waals surface area contributed by atoms with Gasteiger partial charge >= 0.3 is 11.3 Å². The van der Waals surface area contributed by atoms with E-state index in [4.69, 9.17) is 16.0 Å². The van der Waals surface area contributed by atoms with Crippen molar-refractivity contribution in [1.29, 1.82) is 5.26 Å². The third-order valence-corrected chi connectivity index (χ3v) is 6.12. The minimum Gasteiger partial charge on any atom is -0.858 e. The van der Waals surface area contributed by atoms with Crippen molar-refractivity contribution in [3.8, 4) is 17.3 Å². The van der Waals surface area contributed by atoms with Crippen LogP contribution in [-0.4, -0.2) is 16.2 Å². The topological polar surface area (TPSA) is 174 Å². The molecule has 4 aromatic rings. The Hall–Kier alpha value is -3.44. The normalized spacial score (nSPS) is 11.7. The van der Waals surface area contributed by atoms with Crippen LogP contribution in [0.3, 0.4) is 0 Å². The molecule has 1 aromatic carbocycles. The first kappa shape index (κ1) is 19.9. The fraction of sp³-hybridized carbons (Fsp3) is 0.0556. The second-order valence-corrected chi connectivity index (χ2v) is 8.41. The summed E-state index contributed by atoms with van der Waals surface area (Å²) in [4.78, 5) is 21.0. The van der Waals surface area contributed by atoms with Gasteiger partial charge in [-0.2, -0.15) is 5.26 Å². The number of hydrogen-bond acceptors (Lipinski definition) is 9. The summed E-state index contributed by atoms with van der Waals surface area (Å²) < 4.78 is 7.11. The average molecular weight is 533 g/mol. The number of nitriles is 1. The van der Waals surface area contributed by atoms with Gasteiger partial charge in [0.15, 0.2) is 7.05 Å². The summed E-state index contributed by atoms with van der Waals surface area (Å²) in [6.07, 6.45) is 0. The van der Waals surface area contributed by atoms with Gasteiger partial charge in [-0.1, -0.05) is 4.68 Å². The van der Waals surface area contributed by atoms with Crippen LogP contribution in [0.5, 0.6) is 0 Å². The number of halogens is 1. The van der Waals surface area contributed by atoms with E-state index in [0.717, 1.165) is 14.9 Å². The van der Waals surface area contributed by atoms with E-state index in [1.807, 2.05) is 18.2 Å². The lowest BCUT2D eigenvalue weighted by Crippen LogP contribution is -2.34. The van der Waals surface area contributed by atoms with Crippen LogP contribution in [0.15, 0.2) is 38.6 Å². The Balaban J connectivity index is 2.02. The maximum absolute atomic E-state index is 12.8. The fourth-order valence-electron chi connectivity index (χ4n) is 2.97. The van der Waals surface area contributed by atoms with Crippen LogP contribution in [0.25, 0.3) is 21.5 Å². The molecular weight excluding hydrogens is 521 g/mol. The van der Waals surface area contributed by atoms with E-state index in [9.17, 15) is 15.2 Å². The molecule has 0 fully saturated rings. The second-order valence-electron chi connectivity index (χ2n) is 6.17.